The van der Waals surface area contributed by atoms with Crippen LogP contribution in [-0.2, 0) is 6.54 Å². The van der Waals surface area contributed by atoms with Crippen molar-refractivity contribution in [2.75, 3.05) is 0 Å². The third-order valence-corrected chi connectivity index (χ3v) is 2.46. The van der Waals surface area contributed by atoms with Gasteiger partial charge < -0.3 is 4.57 Å². The fourth-order valence-electron chi connectivity index (χ4n) is 1.36. The van der Waals surface area contributed by atoms with E-state index in [0.29, 0.717) is 17.1 Å². The van der Waals surface area contributed by atoms with Crippen LogP contribution in [0.25, 0.3) is 0 Å². The highest BCUT2D eigenvalue weighted by Crippen LogP contribution is 2.15. The van der Waals surface area contributed by atoms with Gasteiger partial charge in [-0.05, 0) is 17.7 Å². The van der Waals surface area contributed by atoms with Crippen molar-refractivity contribution in [2.24, 2.45) is 0 Å². The van der Waals surface area contributed by atoms with E-state index >= 15 is 0 Å². The first kappa shape index (κ1) is 9.93. The lowest BCUT2D eigenvalue weighted by molar-refractivity contribution is 0.112. The van der Waals surface area contributed by atoms with Gasteiger partial charge in [0.2, 0.25) is 0 Å². The molecule has 0 aromatic carbocycles. The van der Waals surface area contributed by atoms with Gasteiger partial charge in [-0.3, -0.25) is 9.78 Å². The Morgan fingerprint density at radius 1 is 1.47 bits per heavy atom. The molecule has 0 saturated carbocycles. The summed E-state index contributed by atoms with van der Waals surface area (Å²) in [5, 5.41) is 0.638. The molecule has 0 N–H and O–H groups in total. The first-order chi connectivity index (χ1) is 7.29. The van der Waals surface area contributed by atoms with Crippen molar-refractivity contribution in [1.29, 1.82) is 0 Å². The summed E-state index contributed by atoms with van der Waals surface area (Å²) in [5.74, 6) is 0. The number of nitrogens with zero attached hydrogens (tertiary/aromatic N) is 2. The minimum Gasteiger partial charge on any atom is -0.349 e. The van der Waals surface area contributed by atoms with Crippen molar-refractivity contribution in [3.63, 3.8) is 0 Å². The van der Waals surface area contributed by atoms with E-state index in [1.54, 1.807) is 24.7 Å². The molecule has 0 fully saturated rings. The Morgan fingerprint density at radius 3 is 3.00 bits per heavy atom. The van der Waals surface area contributed by atoms with Crippen LogP contribution in [0, 0.1) is 0 Å². The van der Waals surface area contributed by atoms with Crippen molar-refractivity contribution in [3.05, 3.63) is 53.1 Å². The van der Waals surface area contributed by atoms with E-state index in [4.69, 9.17) is 11.6 Å². The molecule has 2 aromatic heterocycles. The van der Waals surface area contributed by atoms with Crippen LogP contribution >= 0.6 is 11.6 Å². The summed E-state index contributed by atoms with van der Waals surface area (Å²) in [6.45, 7) is 0.648. The fourth-order valence-corrected chi connectivity index (χ4v) is 1.54. The molecule has 2 heterocycles. The Balaban J connectivity index is 2.22. The predicted molar refractivity (Wildman–Crippen MR) is 58.2 cm³/mol. The molecule has 76 valence electrons. The SMILES string of the molecule is O=Cc1ccn(Cc2ccncc2Cl)c1. The maximum absolute atomic E-state index is 10.5. The topological polar surface area (TPSA) is 34.9 Å². The third kappa shape index (κ3) is 2.25. The number of hydrogen-bond acceptors (Lipinski definition) is 2. The Morgan fingerprint density at radius 2 is 2.33 bits per heavy atom. The average Bonchev–Trinajstić information content (AvgIpc) is 2.69. The number of halogens is 1. The highest BCUT2D eigenvalue weighted by molar-refractivity contribution is 6.31. The average molecular weight is 221 g/mol. The first-order valence-electron chi connectivity index (χ1n) is 4.49. The molecule has 0 aliphatic rings. The van der Waals surface area contributed by atoms with Gasteiger partial charge in [-0.25, -0.2) is 0 Å². The molecule has 0 amide bonds. The van der Waals surface area contributed by atoms with Crippen molar-refractivity contribution < 1.29 is 4.79 Å². The van der Waals surface area contributed by atoms with E-state index in [1.165, 1.54) is 0 Å². The van der Waals surface area contributed by atoms with Gasteiger partial charge in [0.1, 0.15) is 0 Å². The van der Waals surface area contributed by atoms with Gasteiger partial charge in [0.15, 0.2) is 6.29 Å². The summed E-state index contributed by atoms with van der Waals surface area (Å²) < 4.78 is 1.91. The second-order valence-electron chi connectivity index (χ2n) is 3.20. The van der Waals surface area contributed by atoms with Crippen LogP contribution < -0.4 is 0 Å². The summed E-state index contributed by atoms with van der Waals surface area (Å²) in [5.41, 5.74) is 1.65. The molecular weight excluding hydrogens is 212 g/mol. The summed E-state index contributed by atoms with van der Waals surface area (Å²) in [6, 6.07) is 3.63. The Hall–Kier alpha value is -1.61. The number of hydrogen-bond donors (Lipinski definition) is 0. The van der Waals surface area contributed by atoms with Crippen LogP contribution in [0.2, 0.25) is 5.02 Å². The Bertz CT molecular complexity index is 479. The van der Waals surface area contributed by atoms with Crippen molar-refractivity contribution in [1.82, 2.24) is 9.55 Å². The Labute approximate surface area is 92.3 Å². The lowest BCUT2D eigenvalue weighted by atomic mass is 10.3. The molecule has 0 atom stereocenters. The van der Waals surface area contributed by atoms with E-state index in [2.05, 4.69) is 4.98 Å². The number of carbonyl (C=O) groups is 1. The number of carbonyl (C=O) groups excluding carboxylic acids is 1. The lowest BCUT2D eigenvalue weighted by Gasteiger charge is -2.04. The number of aldehydes is 1. The van der Waals surface area contributed by atoms with Crippen LogP contribution in [0.1, 0.15) is 15.9 Å². The van der Waals surface area contributed by atoms with Crippen LogP contribution in [0.4, 0.5) is 0 Å². The van der Waals surface area contributed by atoms with Crippen LogP contribution in [-0.4, -0.2) is 15.8 Å². The summed E-state index contributed by atoms with van der Waals surface area (Å²) in [6.07, 6.45) is 7.77. The van der Waals surface area contributed by atoms with Gasteiger partial charge >= 0.3 is 0 Å². The second kappa shape index (κ2) is 4.28. The van der Waals surface area contributed by atoms with Crippen LogP contribution in [0.5, 0.6) is 0 Å². The molecule has 15 heavy (non-hydrogen) atoms. The van der Waals surface area contributed by atoms with E-state index in [-0.39, 0.29) is 0 Å². The van der Waals surface area contributed by atoms with Gasteiger partial charge in [0.25, 0.3) is 0 Å². The van der Waals surface area contributed by atoms with Gasteiger partial charge in [0, 0.05) is 36.9 Å². The van der Waals surface area contributed by atoms with E-state index < -0.39 is 0 Å². The predicted octanol–water partition coefficient (Wildman–Crippen LogP) is 2.40. The first-order valence-corrected chi connectivity index (χ1v) is 4.87. The number of pyridine rings is 1. The molecule has 0 unspecified atom stereocenters. The molecule has 0 aliphatic carbocycles. The fraction of sp³-hybridized carbons (Fsp3) is 0.0909. The van der Waals surface area contributed by atoms with Gasteiger partial charge in [0.05, 0.1) is 5.02 Å². The molecule has 0 radical (unpaired) electrons. The second-order valence-corrected chi connectivity index (χ2v) is 3.61. The zero-order chi connectivity index (χ0) is 10.7. The lowest BCUT2D eigenvalue weighted by Crippen LogP contribution is -1.97. The van der Waals surface area contributed by atoms with E-state index in [0.717, 1.165) is 11.8 Å². The zero-order valence-corrected chi connectivity index (χ0v) is 8.69. The quantitative estimate of drug-likeness (QED) is 0.745. The standard InChI is InChI=1S/C11H9ClN2O/c12-11-5-13-3-1-10(11)7-14-4-2-9(6-14)8-15/h1-6,8H,7H2. The summed E-state index contributed by atoms with van der Waals surface area (Å²) in [7, 11) is 0. The van der Waals surface area contributed by atoms with E-state index in [9.17, 15) is 4.79 Å². The Kier molecular flexibility index (Phi) is 2.83. The largest absolute Gasteiger partial charge is 0.349 e. The summed E-state index contributed by atoms with van der Waals surface area (Å²) >= 11 is 5.97. The molecule has 2 rings (SSSR count). The van der Waals surface area contributed by atoms with Crippen molar-refractivity contribution in [3.8, 4) is 0 Å². The van der Waals surface area contributed by atoms with Gasteiger partial charge in [-0.1, -0.05) is 11.6 Å². The molecule has 2 aromatic rings. The number of aromatic nitrogens is 2. The van der Waals surface area contributed by atoms with Gasteiger partial charge in [-0.2, -0.15) is 0 Å². The van der Waals surface area contributed by atoms with Crippen LogP contribution in [0.15, 0.2) is 36.9 Å². The molecule has 0 saturated heterocycles. The monoisotopic (exact) mass is 220 g/mol. The zero-order valence-electron chi connectivity index (χ0n) is 7.93. The smallest absolute Gasteiger partial charge is 0.151 e. The minimum absolute atomic E-state index is 0.638. The minimum atomic E-state index is 0.638. The molecule has 0 aliphatic heterocycles. The highest BCUT2D eigenvalue weighted by atomic mass is 35.5. The maximum Gasteiger partial charge on any atom is 0.151 e. The van der Waals surface area contributed by atoms with Crippen molar-refractivity contribution in [2.45, 2.75) is 6.54 Å². The summed E-state index contributed by atoms with van der Waals surface area (Å²) in [4.78, 5) is 14.4. The van der Waals surface area contributed by atoms with Gasteiger partial charge in [-0.15, -0.1) is 0 Å². The normalized spacial score (nSPS) is 10.2. The van der Waals surface area contributed by atoms with E-state index in [1.807, 2.05) is 16.8 Å². The van der Waals surface area contributed by atoms with Crippen molar-refractivity contribution >= 4 is 17.9 Å². The molecular formula is C11H9ClN2O. The third-order valence-electron chi connectivity index (χ3n) is 2.12. The highest BCUT2D eigenvalue weighted by Gasteiger charge is 2.01. The maximum atomic E-state index is 10.5. The van der Waals surface area contributed by atoms with Crippen LogP contribution in [0.3, 0.4) is 0 Å². The number of rotatable bonds is 3. The molecule has 0 spiro atoms. The molecule has 4 heteroatoms. The molecule has 0 bridgehead atoms. The molecule has 3 nitrogen and oxygen atoms in total.